The molecule has 8 heteroatoms. The summed E-state index contributed by atoms with van der Waals surface area (Å²) in [4.78, 5) is 28.4. The average molecular weight is 485 g/mol. The van der Waals surface area contributed by atoms with Gasteiger partial charge in [0, 0.05) is 34.9 Å². The van der Waals surface area contributed by atoms with E-state index in [1.165, 1.54) is 23.8 Å². The number of likely N-dealkylation sites (tertiary alicyclic amines) is 1. The van der Waals surface area contributed by atoms with Crippen molar-refractivity contribution in [2.24, 2.45) is 0 Å². The fourth-order valence-corrected chi connectivity index (χ4v) is 4.82. The normalized spacial score (nSPS) is 16.8. The number of carbonyl (C=O) groups excluding carboxylic acids is 1. The maximum absolute atomic E-state index is 13.5. The Morgan fingerprint density at radius 3 is 2.79 bits per heavy atom. The van der Waals surface area contributed by atoms with E-state index in [-0.39, 0.29) is 24.1 Å². The van der Waals surface area contributed by atoms with Gasteiger partial charge in [0.1, 0.15) is 17.8 Å². The van der Waals surface area contributed by atoms with Crippen LogP contribution in [0.4, 0.5) is 0 Å². The number of hydrogen-bond acceptors (Lipinski definition) is 4. The first-order valence-electron chi connectivity index (χ1n) is 12.0. The highest BCUT2D eigenvalue weighted by Crippen LogP contribution is 2.25. The summed E-state index contributed by atoms with van der Waals surface area (Å²) in [6.45, 7) is 5.44. The molecule has 1 saturated heterocycles. The Bertz CT molecular complexity index is 1220. The third-order valence-corrected chi connectivity index (χ3v) is 6.59. The molecule has 1 aliphatic rings. The Balaban J connectivity index is 1.63. The molecule has 7 nitrogen and oxygen atoms in total. The molecule has 34 heavy (non-hydrogen) atoms. The fourth-order valence-electron chi connectivity index (χ4n) is 4.63. The van der Waals surface area contributed by atoms with Gasteiger partial charge >= 0.3 is 0 Å². The van der Waals surface area contributed by atoms with Crippen LogP contribution in [0.25, 0.3) is 16.8 Å². The molecular formula is C26H33ClN4O3. The number of fused-ring (bicyclic) bond motifs is 1. The predicted molar refractivity (Wildman–Crippen MR) is 136 cm³/mol. The summed E-state index contributed by atoms with van der Waals surface area (Å²) >= 11 is 6.22. The number of nitrogens with zero attached hydrogens (tertiary/aromatic N) is 3. The highest BCUT2D eigenvalue weighted by atomic mass is 35.5. The van der Waals surface area contributed by atoms with Crippen molar-refractivity contribution in [3.8, 4) is 17.0 Å². The number of rotatable bonds is 8. The van der Waals surface area contributed by atoms with Gasteiger partial charge in [0.15, 0.2) is 0 Å². The van der Waals surface area contributed by atoms with Crippen LogP contribution in [-0.2, 0) is 11.3 Å². The van der Waals surface area contributed by atoms with Crippen LogP contribution in [0, 0.1) is 0 Å². The third-order valence-electron chi connectivity index (χ3n) is 6.35. The largest absolute Gasteiger partial charge is 0.492 e. The number of hydrogen-bond donors (Lipinski definition) is 1. The highest BCUT2D eigenvalue weighted by Gasteiger charge is 2.19. The zero-order valence-corrected chi connectivity index (χ0v) is 20.8. The molecular weight excluding hydrogens is 452 g/mol. The predicted octanol–water partition coefficient (Wildman–Crippen LogP) is 4.20. The second kappa shape index (κ2) is 10.7. The molecule has 1 aliphatic heterocycles. The molecule has 3 aromatic rings. The molecule has 4 rings (SSSR count). The SMILES string of the molecule is CC(C)NC(=O)Cn1c(-c2cccc(Cl)c2)cn2cc(OCCC3CCCCN3C)cc2c1=O. The third kappa shape index (κ3) is 5.65. The van der Waals surface area contributed by atoms with Crippen LogP contribution in [0.1, 0.15) is 39.5 Å². The van der Waals surface area contributed by atoms with Crippen molar-refractivity contribution in [3.63, 3.8) is 0 Å². The maximum atomic E-state index is 13.5. The summed E-state index contributed by atoms with van der Waals surface area (Å²) in [5, 5.41) is 3.43. The minimum absolute atomic E-state index is 0.0157. The van der Waals surface area contributed by atoms with Crippen LogP contribution in [0.5, 0.6) is 5.75 Å². The number of benzene rings is 1. The molecule has 3 heterocycles. The van der Waals surface area contributed by atoms with Crippen molar-refractivity contribution in [2.45, 2.75) is 58.2 Å². The topological polar surface area (TPSA) is 68.0 Å². The van der Waals surface area contributed by atoms with Gasteiger partial charge in [-0.25, -0.2) is 0 Å². The molecule has 0 radical (unpaired) electrons. The van der Waals surface area contributed by atoms with E-state index in [0.717, 1.165) is 18.5 Å². The minimum atomic E-state index is -0.252. The Labute approximate surface area is 205 Å². The van der Waals surface area contributed by atoms with Crippen LogP contribution >= 0.6 is 11.6 Å². The second-order valence-corrected chi connectivity index (χ2v) is 9.81. The Morgan fingerprint density at radius 2 is 2.06 bits per heavy atom. The van der Waals surface area contributed by atoms with E-state index in [4.69, 9.17) is 16.3 Å². The van der Waals surface area contributed by atoms with E-state index >= 15 is 0 Å². The summed E-state index contributed by atoms with van der Waals surface area (Å²) in [6, 6.07) is 9.56. The number of nitrogens with one attached hydrogen (secondary N) is 1. The Hall–Kier alpha value is -2.77. The van der Waals surface area contributed by atoms with Crippen LogP contribution in [0.15, 0.2) is 47.5 Å². The van der Waals surface area contributed by atoms with Crippen molar-refractivity contribution in [3.05, 3.63) is 58.1 Å². The Morgan fingerprint density at radius 1 is 1.24 bits per heavy atom. The summed E-state index contributed by atoms with van der Waals surface area (Å²) in [7, 11) is 2.17. The van der Waals surface area contributed by atoms with E-state index < -0.39 is 0 Å². The number of aromatic nitrogens is 2. The average Bonchev–Trinajstić information content (AvgIpc) is 3.19. The molecule has 0 spiro atoms. The first-order valence-corrected chi connectivity index (χ1v) is 12.3. The summed E-state index contributed by atoms with van der Waals surface area (Å²) in [5.74, 6) is 0.432. The molecule has 1 atom stereocenters. The van der Waals surface area contributed by atoms with Crippen LogP contribution in [-0.4, -0.2) is 52.1 Å². The van der Waals surface area contributed by atoms with E-state index in [9.17, 15) is 9.59 Å². The van der Waals surface area contributed by atoms with Crippen molar-refractivity contribution in [1.82, 2.24) is 19.2 Å². The fraction of sp³-hybridized carbons (Fsp3) is 0.462. The van der Waals surface area contributed by atoms with Crippen LogP contribution in [0.3, 0.4) is 0 Å². The smallest absolute Gasteiger partial charge is 0.275 e. The second-order valence-electron chi connectivity index (χ2n) is 9.37. The van der Waals surface area contributed by atoms with Crippen molar-refractivity contribution in [2.75, 3.05) is 20.2 Å². The number of piperidine rings is 1. The zero-order valence-electron chi connectivity index (χ0n) is 20.1. The maximum Gasteiger partial charge on any atom is 0.275 e. The number of amides is 1. The first kappa shape index (κ1) is 24.4. The molecule has 0 saturated carbocycles. The summed E-state index contributed by atoms with van der Waals surface area (Å²) in [6.07, 6.45) is 8.36. The molecule has 1 unspecified atom stereocenters. The minimum Gasteiger partial charge on any atom is -0.492 e. The highest BCUT2D eigenvalue weighted by molar-refractivity contribution is 6.30. The van der Waals surface area contributed by atoms with Crippen LogP contribution < -0.4 is 15.6 Å². The van der Waals surface area contributed by atoms with Gasteiger partial charge in [0.05, 0.1) is 18.5 Å². The van der Waals surface area contributed by atoms with Gasteiger partial charge in [0.2, 0.25) is 5.91 Å². The molecule has 0 bridgehead atoms. The number of halogens is 1. The molecule has 1 fully saturated rings. The van der Waals surface area contributed by atoms with Crippen molar-refractivity contribution < 1.29 is 9.53 Å². The van der Waals surface area contributed by atoms with Gasteiger partial charge in [-0.2, -0.15) is 0 Å². The van der Waals surface area contributed by atoms with Gasteiger partial charge < -0.3 is 19.4 Å². The van der Waals surface area contributed by atoms with Gasteiger partial charge in [-0.05, 0) is 58.8 Å². The first-order chi connectivity index (χ1) is 16.3. The lowest BCUT2D eigenvalue weighted by molar-refractivity contribution is -0.122. The zero-order chi connectivity index (χ0) is 24.2. The standard InChI is InChI=1S/C26H33ClN4O3/c1-18(2)28-25(32)17-31-24(19-7-6-8-20(27)13-19)16-30-15-22(14-23(30)26(31)33)34-12-10-21-9-4-5-11-29(21)3/h6-8,13-16,18,21H,4-5,9-12,17H2,1-3H3,(H,28,32). The van der Waals surface area contributed by atoms with Crippen molar-refractivity contribution >= 4 is 23.0 Å². The molecule has 0 aliphatic carbocycles. The van der Waals surface area contributed by atoms with E-state index in [1.807, 2.05) is 38.4 Å². The van der Waals surface area contributed by atoms with Gasteiger partial charge in [0.25, 0.3) is 5.56 Å². The van der Waals surface area contributed by atoms with Gasteiger partial charge in [-0.3, -0.25) is 14.2 Å². The quantitative estimate of drug-likeness (QED) is 0.520. The lowest BCUT2D eigenvalue weighted by Gasteiger charge is -2.32. The van der Waals surface area contributed by atoms with E-state index in [2.05, 4.69) is 17.3 Å². The summed E-state index contributed by atoms with van der Waals surface area (Å²) in [5.41, 5.74) is 1.59. The van der Waals surface area contributed by atoms with Crippen LogP contribution in [0.2, 0.25) is 5.02 Å². The Kier molecular flexibility index (Phi) is 7.63. The monoisotopic (exact) mass is 484 g/mol. The molecule has 182 valence electrons. The number of ether oxygens (including phenoxy) is 1. The molecule has 2 aromatic heterocycles. The lowest BCUT2D eigenvalue weighted by Crippen LogP contribution is -2.37. The molecule has 1 N–H and O–H groups in total. The van der Waals surface area contributed by atoms with E-state index in [0.29, 0.717) is 34.6 Å². The van der Waals surface area contributed by atoms with Gasteiger partial charge in [-0.1, -0.05) is 30.2 Å². The lowest BCUT2D eigenvalue weighted by atomic mass is 10.0. The summed E-state index contributed by atoms with van der Waals surface area (Å²) < 4.78 is 9.31. The molecule has 1 aromatic carbocycles. The van der Waals surface area contributed by atoms with Crippen molar-refractivity contribution in [1.29, 1.82) is 0 Å². The van der Waals surface area contributed by atoms with E-state index in [1.54, 1.807) is 22.6 Å². The van der Waals surface area contributed by atoms with Gasteiger partial charge in [-0.15, -0.1) is 0 Å². The molecule has 1 amide bonds. The number of carbonyl (C=O) groups is 1.